The van der Waals surface area contributed by atoms with Gasteiger partial charge in [-0.05, 0) is 59.2 Å². The number of rotatable bonds is 8. The zero-order chi connectivity index (χ0) is 24.0. The zero-order valence-electron chi connectivity index (χ0n) is 20.2. The van der Waals surface area contributed by atoms with Crippen molar-refractivity contribution in [3.8, 4) is 0 Å². The number of aliphatic imine (C=N–C) groups is 1. The summed E-state index contributed by atoms with van der Waals surface area (Å²) in [6, 6.07) is 19.3. The summed E-state index contributed by atoms with van der Waals surface area (Å²) in [4.78, 5) is 15.2. The Bertz CT molecular complexity index is 1040. The quantitative estimate of drug-likeness (QED) is 0.464. The van der Waals surface area contributed by atoms with E-state index in [2.05, 4.69) is 108 Å². The van der Waals surface area contributed by atoms with Crippen molar-refractivity contribution < 1.29 is 5.11 Å². The molecule has 1 atom stereocenters. The van der Waals surface area contributed by atoms with E-state index < -0.39 is 0 Å². The molecule has 2 aromatic carbocycles. The van der Waals surface area contributed by atoms with Crippen molar-refractivity contribution in [2.75, 3.05) is 46.0 Å². The molecule has 2 N–H and O–H groups in total. The molecule has 0 aromatic heterocycles. The Balaban J connectivity index is 1.50. The van der Waals surface area contributed by atoms with Crippen molar-refractivity contribution in [3.05, 3.63) is 81.2 Å². The maximum absolute atomic E-state index is 9.49. The first-order chi connectivity index (χ1) is 17.2. The average Bonchev–Trinajstić information content (AvgIpc) is 3.04. The molecule has 35 heavy (non-hydrogen) atoms. The maximum atomic E-state index is 9.49. The number of halogens is 1. The number of hydrogen-bond acceptors (Lipinski definition) is 7. The minimum Gasteiger partial charge on any atom is -0.396 e. The fourth-order valence-electron chi connectivity index (χ4n) is 5.06. The first-order valence-electron chi connectivity index (χ1n) is 12.6. The summed E-state index contributed by atoms with van der Waals surface area (Å²) >= 11 is 2.45. The van der Waals surface area contributed by atoms with Gasteiger partial charge in [-0.3, -0.25) is 4.90 Å². The predicted octanol–water partition coefficient (Wildman–Crippen LogP) is 3.08. The highest BCUT2D eigenvalue weighted by atomic mass is 127. The van der Waals surface area contributed by atoms with E-state index in [1.54, 1.807) is 0 Å². The number of fused-ring (bicyclic) bond motifs is 1. The molecule has 8 heteroatoms. The smallest absolute Gasteiger partial charge is 0.181 e. The number of aliphatic hydroxyl groups is 1. The van der Waals surface area contributed by atoms with Gasteiger partial charge < -0.3 is 25.1 Å². The normalized spacial score (nSPS) is 21.0. The standard InChI is InChI=1S/C27H35IN6O/c28-24-11-5-4-10-23(24)19-34-25-20-31(14-7-17-35)21-33(18-22-8-2-1-3-9-22)26(25)30-27(34)32-15-6-12-29-13-16-32/h1-5,8-11,20,27,29,35H,6-7,12-19,21H2. The minimum atomic E-state index is -0.0109. The first kappa shape index (κ1) is 24.5. The fourth-order valence-corrected chi connectivity index (χ4v) is 5.62. The van der Waals surface area contributed by atoms with E-state index in [-0.39, 0.29) is 12.9 Å². The molecular formula is C27H35IN6O. The summed E-state index contributed by atoms with van der Waals surface area (Å²) in [5.41, 5.74) is 3.79. The molecule has 0 radical (unpaired) electrons. The van der Waals surface area contributed by atoms with Crippen LogP contribution in [-0.2, 0) is 13.1 Å². The molecule has 0 aliphatic carbocycles. The Kier molecular flexibility index (Phi) is 8.23. The molecule has 1 fully saturated rings. The second kappa shape index (κ2) is 11.7. The van der Waals surface area contributed by atoms with Gasteiger partial charge in [0.15, 0.2) is 12.1 Å². The van der Waals surface area contributed by atoms with Gasteiger partial charge in [0.05, 0.1) is 12.4 Å². The topological polar surface area (TPSA) is 57.6 Å². The summed E-state index contributed by atoms with van der Waals surface area (Å²) in [6.45, 7) is 7.53. The molecule has 0 spiro atoms. The van der Waals surface area contributed by atoms with E-state index in [9.17, 15) is 5.11 Å². The molecular weight excluding hydrogens is 551 g/mol. The van der Waals surface area contributed by atoms with Gasteiger partial charge in [-0.15, -0.1) is 0 Å². The van der Waals surface area contributed by atoms with Crippen LogP contribution in [-0.4, -0.2) is 82.8 Å². The molecule has 3 aliphatic heterocycles. The molecule has 0 saturated carbocycles. The van der Waals surface area contributed by atoms with Gasteiger partial charge in [-0.1, -0.05) is 48.5 Å². The molecule has 1 saturated heterocycles. The van der Waals surface area contributed by atoms with Gasteiger partial charge in [-0.25, -0.2) is 4.99 Å². The number of benzene rings is 2. The van der Waals surface area contributed by atoms with E-state index in [0.717, 1.165) is 71.2 Å². The number of aliphatic hydroxyl groups excluding tert-OH is 1. The number of hydrogen-bond donors (Lipinski definition) is 2. The molecule has 3 heterocycles. The third-order valence-corrected chi connectivity index (χ3v) is 7.88. The third-order valence-electron chi connectivity index (χ3n) is 6.83. The van der Waals surface area contributed by atoms with Crippen LogP contribution < -0.4 is 5.32 Å². The van der Waals surface area contributed by atoms with Crippen molar-refractivity contribution in [2.45, 2.75) is 32.2 Å². The van der Waals surface area contributed by atoms with Crippen LogP contribution in [0.4, 0.5) is 0 Å². The van der Waals surface area contributed by atoms with Crippen LogP contribution in [0.2, 0.25) is 0 Å². The van der Waals surface area contributed by atoms with Gasteiger partial charge in [0.2, 0.25) is 0 Å². The highest BCUT2D eigenvalue weighted by Gasteiger charge is 2.40. The summed E-state index contributed by atoms with van der Waals surface area (Å²) in [7, 11) is 0. The molecule has 5 rings (SSSR count). The van der Waals surface area contributed by atoms with E-state index in [4.69, 9.17) is 4.99 Å². The van der Waals surface area contributed by atoms with E-state index in [1.807, 2.05) is 0 Å². The number of nitrogens with one attached hydrogen (secondary N) is 1. The van der Waals surface area contributed by atoms with Crippen molar-refractivity contribution in [3.63, 3.8) is 0 Å². The zero-order valence-corrected chi connectivity index (χ0v) is 22.3. The van der Waals surface area contributed by atoms with Crippen LogP contribution >= 0.6 is 22.6 Å². The van der Waals surface area contributed by atoms with Crippen molar-refractivity contribution in [1.82, 2.24) is 24.9 Å². The molecule has 1 unspecified atom stereocenters. The van der Waals surface area contributed by atoms with E-state index in [0.29, 0.717) is 0 Å². The van der Waals surface area contributed by atoms with Crippen LogP contribution in [0, 0.1) is 3.57 Å². The van der Waals surface area contributed by atoms with E-state index >= 15 is 0 Å². The molecule has 3 aliphatic rings. The molecule has 0 bridgehead atoms. The molecule has 186 valence electrons. The Morgan fingerprint density at radius 2 is 1.83 bits per heavy atom. The van der Waals surface area contributed by atoms with Crippen LogP contribution in [0.3, 0.4) is 0 Å². The molecule has 2 aromatic rings. The second-order valence-electron chi connectivity index (χ2n) is 9.39. The van der Waals surface area contributed by atoms with Crippen LogP contribution in [0.1, 0.15) is 24.0 Å². The van der Waals surface area contributed by atoms with Gasteiger partial charge in [0, 0.05) is 55.6 Å². The Morgan fingerprint density at radius 3 is 2.66 bits per heavy atom. The summed E-state index contributed by atoms with van der Waals surface area (Å²) < 4.78 is 1.28. The lowest BCUT2D eigenvalue weighted by Crippen LogP contribution is -2.48. The monoisotopic (exact) mass is 586 g/mol. The van der Waals surface area contributed by atoms with Gasteiger partial charge in [0.1, 0.15) is 0 Å². The molecule has 0 amide bonds. The lowest BCUT2D eigenvalue weighted by molar-refractivity contribution is 0.0859. The lowest BCUT2D eigenvalue weighted by atomic mass is 10.1. The van der Waals surface area contributed by atoms with E-state index in [1.165, 1.54) is 20.4 Å². The summed E-state index contributed by atoms with van der Waals surface area (Å²) in [6.07, 6.45) is 4.16. The minimum absolute atomic E-state index is 0.0109. The second-order valence-corrected chi connectivity index (χ2v) is 10.5. The van der Waals surface area contributed by atoms with Crippen molar-refractivity contribution >= 4 is 28.4 Å². The average molecular weight is 587 g/mol. The lowest BCUT2D eigenvalue weighted by Gasteiger charge is -2.39. The Hall–Kier alpha value is -2.14. The summed E-state index contributed by atoms with van der Waals surface area (Å²) in [5.74, 6) is 1.09. The van der Waals surface area contributed by atoms with Crippen molar-refractivity contribution in [2.24, 2.45) is 4.99 Å². The van der Waals surface area contributed by atoms with Gasteiger partial charge in [-0.2, -0.15) is 0 Å². The highest BCUT2D eigenvalue weighted by Crippen LogP contribution is 2.32. The Morgan fingerprint density at radius 1 is 1.00 bits per heavy atom. The maximum Gasteiger partial charge on any atom is 0.181 e. The van der Waals surface area contributed by atoms with Crippen LogP contribution in [0.5, 0.6) is 0 Å². The van der Waals surface area contributed by atoms with Crippen LogP contribution in [0.25, 0.3) is 0 Å². The first-order valence-corrected chi connectivity index (χ1v) is 13.7. The predicted molar refractivity (Wildman–Crippen MR) is 148 cm³/mol. The van der Waals surface area contributed by atoms with Crippen molar-refractivity contribution in [1.29, 1.82) is 0 Å². The number of amidine groups is 1. The number of nitrogens with zero attached hydrogens (tertiary/aromatic N) is 5. The largest absolute Gasteiger partial charge is 0.396 e. The van der Waals surface area contributed by atoms with Crippen LogP contribution in [0.15, 0.2) is 71.5 Å². The molecule has 7 nitrogen and oxygen atoms in total. The Labute approximate surface area is 222 Å². The summed E-state index contributed by atoms with van der Waals surface area (Å²) in [5, 5.41) is 13.0. The third kappa shape index (κ3) is 5.82. The van der Waals surface area contributed by atoms with Gasteiger partial charge >= 0.3 is 0 Å². The van der Waals surface area contributed by atoms with Gasteiger partial charge in [0.25, 0.3) is 0 Å². The highest BCUT2D eigenvalue weighted by molar-refractivity contribution is 14.1. The SMILES string of the molecule is OCCCN1C=C2C(=NC(N3CCCNCC3)N2Cc2ccccc2I)N(Cc2ccccc2)C1. The fraction of sp³-hybridized carbons (Fsp3) is 0.444.